The smallest absolute Gasteiger partial charge is 0.274 e. The number of hydrogen-bond donors (Lipinski definition) is 2. The van der Waals surface area contributed by atoms with Crippen LogP contribution in [0.3, 0.4) is 0 Å². The molecular weight excluding hydrogens is 309 g/mol. The highest BCUT2D eigenvalue weighted by molar-refractivity contribution is 6.02. The monoisotopic (exact) mass is 323 g/mol. The molecule has 24 heavy (non-hydrogen) atoms. The van der Waals surface area contributed by atoms with Crippen LogP contribution in [-0.4, -0.2) is 20.9 Å². The van der Waals surface area contributed by atoms with Crippen molar-refractivity contribution in [3.63, 3.8) is 0 Å². The summed E-state index contributed by atoms with van der Waals surface area (Å²) in [7, 11) is 0. The summed E-state index contributed by atoms with van der Waals surface area (Å²) in [6, 6.07) is 12.6. The van der Waals surface area contributed by atoms with Gasteiger partial charge in [0.25, 0.3) is 5.91 Å². The Morgan fingerprint density at radius 2 is 1.83 bits per heavy atom. The maximum Gasteiger partial charge on any atom is 0.274 e. The van der Waals surface area contributed by atoms with Crippen LogP contribution in [0.15, 0.2) is 60.9 Å². The van der Waals surface area contributed by atoms with E-state index < -0.39 is 5.91 Å². The third-order valence-corrected chi connectivity index (χ3v) is 3.14. The second-order valence-corrected chi connectivity index (χ2v) is 4.90. The molecule has 0 spiro atoms. The Kier molecular flexibility index (Phi) is 4.71. The van der Waals surface area contributed by atoms with E-state index in [4.69, 9.17) is 0 Å². The van der Waals surface area contributed by atoms with Crippen LogP contribution in [-0.2, 0) is 6.54 Å². The first-order valence-corrected chi connectivity index (χ1v) is 7.24. The fourth-order valence-corrected chi connectivity index (χ4v) is 1.97. The zero-order valence-electron chi connectivity index (χ0n) is 12.6. The largest absolute Gasteiger partial charge is 0.349 e. The topological polar surface area (TPSA) is 79.8 Å². The SMILES string of the molecule is O=C(Nc1ccc(F)cc1)c1ccnc(NCc2ccccn2)n1. The molecule has 7 heteroatoms. The Morgan fingerprint density at radius 1 is 1.00 bits per heavy atom. The molecule has 0 saturated carbocycles. The molecule has 3 rings (SSSR count). The molecule has 0 unspecified atom stereocenters. The van der Waals surface area contributed by atoms with Gasteiger partial charge in [-0.25, -0.2) is 14.4 Å². The van der Waals surface area contributed by atoms with Crippen LogP contribution in [0.4, 0.5) is 16.0 Å². The maximum absolute atomic E-state index is 12.9. The van der Waals surface area contributed by atoms with E-state index in [0.717, 1.165) is 5.69 Å². The Labute approximate surface area is 137 Å². The highest BCUT2D eigenvalue weighted by atomic mass is 19.1. The van der Waals surface area contributed by atoms with Crippen LogP contribution in [0.5, 0.6) is 0 Å². The molecule has 0 bridgehead atoms. The van der Waals surface area contributed by atoms with Gasteiger partial charge in [0.05, 0.1) is 12.2 Å². The third kappa shape index (κ3) is 4.10. The first-order valence-electron chi connectivity index (χ1n) is 7.24. The number of pyridine rings is 1. The van der Waals surface area contributed by atoms with Gasteiger partial charge in [-0.2, -0.15) is 0 Å². The van der Waals surface area contributed by atoms with E-state index in [-0.39, 0.29) is 11.5 Å². The molecule has 6 nitrogen and oxygen atoms in total. The van der Waals surface area contributed by atoms with Crippen LogP contribution < -0.4 is 10.6 Å². The van der Waals surface area contributed by atoms with Crippen molar-refractivity contribution in [2.24, 2.45) is 0 Å². The van der Waals surface area contributed by atoms with Crippen LogP contribution in [0.2, 0.25) is 0 Å². The Balaban J connectivity index is 1.65. The summed E-state index contributed by atoms with van der Waals surface area (Å²) in [6.45, 7) is 0.448. The number of halogens is 1. The first-order chi connectivity index (χ1) is 11.7. The lowest BCUT2D eigenvalue weighted by molar-refractivity contribution is 0.102. The lowest BCUT2D eigenvalue weighted by atomic mass is 10.3. The summed E-state index contributed by atoms with van der Waals surface area (Å²) in [5.41, 5.74) is 1.53. The predicted molar refractivity (Wildman–Crippen MR) is 87.9 cm³/mol. The van der Waals surface area contributed by atoms with Crippen molar-refractivity contribution in [2.45, 2.75) is 6.54 Å². The molecule has 120 valence electrons. The number of nitrogens with zero attached hydrogens (tertiary/aromatic N) is 3. The highest BCUT2D eigenvalue weighted by Crippen LogP contribution is 2.10. The normalized spacial score (nSPS) is 10.2. The quantitative estimate of drug-likeness (QED) is 0.755. The zero-order chi connectivity index (χ0) is 16.8. The molecular formula is C17H14FN5O. The van der Waals surface area contributed by atoms with Gasteiger partial charge in [-0.05, 0) is 42.5 Å². The number of carbonyl (C=O) groups excluding carboxylic acids is 1. The second-order valence-electron chi connectivity index (χ2n) is 4.90. The van der Waals surface area contributed by atoms with E-state index in [0.29, 0.717) is 18.2 Å². The average Bonchev–Trinajstić information content (AvgIpc) is 2.63. The van der Waals surface area contributed by atoms with Crippen LogP contribution in [0, 0.1) is 5.82 Å². The number of benzene rings is 1. The van der Waals surface area contributed by atoms with Gasteiger partial charge in [0.15, 0.2) is 0 Å². The summed E-state index contributed by atoms with van der Waals surface area (Å²) >= 11 is 0. The fraction of sp³-hybridized carbons (Fsp3) is 0.0588. The minimum absolute atomic E-state index is 0.206. The number of hydrogen-bond acceptors (Lipinski definition) is 5. The summed E-state index contributed by atoms with van der Waals surface area (Å²) in [6.07, 6.45) is 3.19. The summed E-state index contributed by atoms with van der Waals surface area (Å²) in [4.78, 5) is 24.6. The summed E-state index contributed by atoms with van der Waals surface area (Å²) in [5.74, 6) is -0.437. The average molecular weight is 323 g/mol. The Bertz CT molecular complexity index is 824. The molecule has 2 aromatic heterocycles. The van der Waals surface area contributed by atoms with Crippen molar-refractivity contribution in [1.82, 2.24) is 15.0 Å². The van der Waals surface area contributed by atoms with Crippen molar-refractivity contribution >= 4 is 17.5 Å². The number of rotatable bonds is 5. The lowest BCUT2D eigenvalue weighted by Gasteiger charge is -2.07. The first kappa shape index (κ1) is 15.5. The summed E-state index contributed by atoms with van der Waals surface area (Å²) < 4.78 is 12.9. The molecule has 0 radical (unpaired) electrons. The number of anilines is 2. The highest BCUT2D eigenvalue weighted by Gasteiger charge is 2.09. The number of nitrogens with one attached hydrogen (secondary N) is 2. The van der Waals surface area contributed by atoms with Crippen LogP contribution in [0.1, 0.15) is 16.2 Å². The molecule has 2 heterocycles. The van der Waals surface area contributed by atoms with Crippen LogP contribution >= 0.6 is 0 Å². The van der Waals surface area contributed by atoms with Crippen molar-refractivity contribution in [1.29, 1.82) is 0 Å². The molecule has 0 aliphatic heterocycles. The number of amides is 1. The van der Waals surface area contributed by atoms with Gasteiger partial charge >= 0.3 is 0 Å². The van der Waals surface area contributed by atoms with Crippen molar-refractivity contribution < 1.29 is 9.18 Å². The Hall–Kier alpha value is -3.35. The van der Waals surface area contributed by atoms with E-state index in [1.54, 1.807) is 6.20 Å². The lowest BCUT2D eigenvalue weighted by Crippen LogP contribution is -2.15. The molecule has 1 aromatic carbocycles. The Morgan fingerprint density at radius 3 is 2.58 bits per heavy atom. The molecule has 3 aromatic rings. The van der Waals surface area contributed by atoms with Gasteiger partial charge < -0.3 is 10.6 Å². The minimum Gasteiger partial charge on any atom is -0.349 e. The van der Waals surface area contributed by atoms with Crippen molar-refractivity contribution in [3.05, 3.63) is 78.1 Å². The molecule has 0 aliphatic carbocycles. The van der Waals surface area contributed by atoms with Gasteiger partial charge in [-0.3, -0.25) is 9.78 Å². The van der Waals surface area contributed by atoms with Gasteiger partial charge in [-0.15, -0.1) is 0 Å². The van der Waals surface area contributed by atoms with Gasteiger partial charge in [0, 0.05) is 18.1 Å². The third-order valence-electron chi connectivity index (χ3n) is 3.14. The van der Waals surface area contributed by atoms with E-state index in [2.05, 4.69) is 25.6 Å². The number of aromatic nitrogens is 3. The molecule has 0 aliphatic rings. The van der Waals surface area contributed by atoms with Gasteiger partial charge in [0.2, 0.25) is 5.95 Å². The van der Waals surface area contributed by atoms with Gasteiger partial charge in [0.1, 0.15) is 11.5 Å². The number of carbonyl (C=O) groups is 1. The molecule has 0 saturated heterocycles. The van der Waals surface area contributed by atoms with Gasteiger partial charge in [-0.1, -0.05) is 6.07 Å². The molecule has 0 fully saturated rings. The van der Waals surface area contributed by atoms with Crippen LogP contribution in [0.25, 0.3) is 0 Å². The van der Waals surface area contributed by atoms with E-state index in [1.807, 2.05) is 18.2 Å². The zero-order valence-corrected chi connectivity index (χ0v) is 12.6. The maximum atomic E-state index is 12.9. The molecule has 2 N–H and O–H groups in total. The fourth-order valence-electron chi connectivity index (χ4n) is 1.97. The van der Waals surface area contributed by atoms with E-state index >= 15 is 0 Å². The molecule has 1 amide bonds. The molecule has 0 atom stereocenters. The predicted octanol–water partition coefficient (Wildman–Crippen LogP) is 2.88. The van der Waals surface area contributed by atoms with E-state index in [9.17, 15) is 9.18 Å². The van der Waals surface area contributed by atoms with Crippen molar-refractivity contribution in [3.8, 4) is 0 Å². The van der Waals surface area contributed by atoms with Crippen molar-refractivity contribution in [2.75, 3.05) is 10.6 Å². The second kappa shape index (κ2) is 7.28. The van der Waals surface area contributed by atoms with E-state index in [1.165, 1.54) is 36.5 Å². The standard InChI is InChI=1S/C17H14FN5O/c18-12-4-6-13(7-5-12)22-16(24)15-8-10-20-17(23-15)21-11-14-3-1-2-9-19-14/h1-10H,11H2,(H,22,24)(H,20,21,23). The summed E-state index contributed by atoms with van der Waals surface area (Å²) in [5, 5.41) is 5.66. The minimum atomic E-state index is -0.398.